The molecule has 2 rings (SSSR count). The predicted molar refractivity (Wildman–Crippen MR) is 83.0 cm³/mol. The van der Waals surface area contributed by atoms with Crippen LogP contribution in [0, 0.1) is 0 Å². The molecule has 20 heavy (non-hydrogen) atoms. The minimum Gasteiger partial charge on any atom is -0.379 e. The number of anilines is 1. The second kappa shape index (κ2) is 6.72. The molecule has 0 saturated heterocycles. The van der Waals surface area contributed by atoms with Crippen molar-refractivity contribution in [2.75, 3.05) is 12.4 Å². The molecule has 6 heteroatoms. The number of benzene rings is 1. The first-order valence-electron chi connectivity index (χ1n) is 6.19. The highest BCUT2D eigenvalue weighted by Crippen LogP contribution is 2.20. The standard InChI is InChI=1S/C14H16ClN3OS/c1-10(19)18(2)9-11-4-3-5-12(6-11)16-8-14-17-7-13(15)20-14/h3-7,16H,8-9H2,1-2H3. The minimum atomic E-state index is 0.0563. The zero-order valence-electron chi connectivity index (χ0n) is 11.4. The molecule has 1 amide bonds. The molecule has 0 saturated carbocycles. The summed E-state index contributed by atoms with van der Waals surface area (Å²) in [7, 11) is 1.79. The van der Waals surface area contributed by atoms with Gasteiger partial charge in [-0.15, -0.1) is 11.3 Å². The molecule has 1 N–H and O–H groups in total. The first-order valence-corrected chi connectivity index (χ1v) is 7.39. The van der Waals surface area contributed by atoms with Gasteiger partial charge in [-0.05, 0) is 17.7 Å². The van der Waals surface area contributed by atoms with Crippen LogP contribution in [0.3, 0.4) is 0 Å². The summed E-state index contributed by atoms with van der Waals surface area (Å²) in [4.78, 5) is 17.1. The summed E-state index contributed by atoms with van der Waals surface area (Å²) in [5.41, 5.74) is 2.09. The molecule has 0 aliphatic rings. The Balaban J connectivity index is 1.97. The van der Waals surface area contributed by atoms with Gasteiger partial charge in [-0.1, -0.05) is 23.7 Å². The number of aromatic nitrogens is 1. The van der Waals surface area contributed by atoms with Crippen molar-refractivity contribution in [3.8, 4) is 0 Å². The lowest BCUT2D eigenvalue weighted by Crippen LogP contribution is -2.22. The number of nitrogens with one attached hydrogen (secondary N) is 1. The molecule has 1 aromatic carbocycles. The van der Waals surface area contributed by atoms with Crippen LogP contribution in [0.2, 0.25) is 4.34 Å². The summed E-state index contributed by atoms with van der Waals surface area (Å²) >= 11 is 7.31. The van der Waals surface area contributed by atoms with Gasteiger partial charge in [0.15, 0.2) is 0 Å². The first-order chi connectivity index (χ1) is 9.54. The van der Waals surface area contributed by atoms with Crippen molar-refractivity contribution in [3.63, 3.8) is 0 Å². The van der Waals surface area contributed by atoms with Crippen molar-refractivity contribution in [1.29, 1.82) is 0 Å². The smallest absolute Gasteiger partial charge is 0.219 e. The van der Waals surface area contributed by atoms with Crippen molar-refractivity contribution in [1.82, 2.24) is 9.88 Å². The molecule has 0 aliphatic heterocycles. The van der Waals surface area contributed by atoms with Gasteiger partial charge in [0.2, 0.25) is 5.91 Å². The van der Waals surface area contributed by atoms with E-state index in [-0.39, 0.29) is 5.91 Å². The lowest BCUT2D eigenvalue weighted by atomic mass is 10.2. The van der Waals surface area contributed by atoms with E-state index in [0.29, 0.717) is 17.4 Å². The summed E-state index contributed by atoms with van der Waals surface area (Å²) in [6.45, 7) is 2.81. The number of amides is 1. The van der Waals surface area contributed by atoms with E-state index in [2.05, 4.69) is 10.3 Å². The van der Waals surface area contributed by atoms with Crippen LogP contribution in [-0.4, -0.2) is 22.8 Å². The van der Waals surface area contributed by atoms with Gasteiger partial charge in [0.1, 0.15) is 9.34 Å². The van der Waals surface area contributed by atoms with Crippen LogP contribution < -0.4 is 5.32 Å². The lowest BCUT2D eigenvalue weighted by Gasteiger charge is -2.15. The Morgan fingerprint density at radius 2 is 2.30 bits per heavy atom. The highest BCUT2D eigenvalue weighted by molar-refractivity contribution is 7.15. The molecular formula is C14H16ClN3OS. The Kier molecular flexibility index (Phi) is 4.98. The molecule has 1 aromatic heterocycles. The van der Waals surface area contributed by atoms with E-state index in [1.54, 1.807) is 25.1 Å². The van der Waals surface area contributed by atoms with Gasteiger partial charge >= 0.3 is 0 Å². The predicted octanol–water partition coefficient (Wildman–Crippen LogP) is 3.39. The second-order valence-electron chi connectivity index (χ2n) is 4.49. The van der Waals surface area contributed by atoms with Gasteiger partial charge in [0.05, 0.1) is 12.7 Å². The third-order valence-corrected chi connectivity index (χ3v) is 3.97. The maximum Gasteiger partial charge on any atom is 0.219 e. The van der Waals surface area contributed by atoms with Crippen molar-refractivity contribution >= 4 is 34.5 Å². The van der Waals surface area contributed by atoms with E-state index < -0.39 is 0 Å². The van der Waals surface area contributed by atoms with Crippen LogP contribution in [-0.2, 0) is 17.9 Å². The number of hydrogen-bond acceptors (Lipinski definition) is 4. The second-order valence-corrected chi connectivity index (χ2v) is 6.23. The zero-order chi connectivity index (χ0) is 14.5. The van der Waals surface area contributed by atoms with Crippen LogP contribution in [0.25, 0.3) is 0 Å². The quantitative estimate of drug-likeness (QED) is 0.921. The van der Waals surface area contributed by atoms with Crippen LogP contribution in [0.4, 0.5) is 5.69 Å². The molecule has 2 aromatic rings. The lowest BCUT2D eigenvalue weighted by molar-refractivity contribution is -0.128. The van der Waals surface area contributed by atoms with Gasteiger partial charge in [-0.2, -0.15) is 0 Å². The molecule has 1 heterocycles. The summed E-state index contributed by atoms with van der Waals surface area (Å²) in [5, 5.41) is 4.25. The van der Waals surface area contributed by atoms with E-state index in [1.807, 2.05) is 24.3 Å². The van der Waals surface area contributed by atoms with Gasteiger partial charge in [-0.3, -0.25) is 4.79 Å². The van der Waals surface area contributed by atoms with Gasteiger partial charge in [-0.25, -0.2) is 4.98 Å². The minimum absolute atomic E-state index is 0.0563. The summed E-state index contributed by atoms with van der Waals surface area (Å²) < 4.78 is 0.693. The molecule has 0 fully saturated rings. The van der Waals surface area contributed by atoms with Crippen LogP contribution >= 0.6 is 22.9 Å². The summed E-state index contributed by atoms with van der Waals surface area (Å²) in [5.74, 6) is 0.0563. The van der Waals surface area contributed by atoms with E-state index in [4.69, 9.17) is 11.6 Å². The number of carbonyl (C=O) groups is 1. The summed E-state index contributed by atoms with van der Waals surface area (Å²) in [6.07, 6.45) is 1.65. The SMILES string of the molecule is CC(=O)N(C)Cc1cccc(NCc2ncc(Cl)s2)c1. The first kappa shape index (κ1) is 14.8. The maximum absolute atomic E-state index is 11.2. The van der Waals surface area contributed by atoms with Crippen molar-refractivity contribution in [3.05, 3.63) is 45.4 Å². The molecular weight excluding hydrogens is 294 g/mol. The normalized spacial score (nSPS) is 10.3. The van der Waals surface area contributed by atoms with Gasteiger partial charge < -0.3 is 10.2 Å². The largest absolute Gasteiger partial charge is 0.379 e. The third kappa shape index (κ3) is 4.21. The number of thiazole rings is 1. The van der Waals surface area contributed by atoms with Crippen molar-refractivity contribution in [2.45, 2.75) is 20.0 Å². The zero-order valence-corrected chi connectivity index (χ0v) is 13.0. The van der Waals surface area contributed by atoms with Crippen LogP contribution in [0.1, 0.15) is 17.5 Å². The van der Waals surface area contributed by atoms with Crippen LogP contribution in [0.5, 0.6) is 0 Å². The maximum atomic E-state index is 11.2. The average molecular weight is 310 g/mol. The fraction of sp³-hybridized carbons (Fsp3) is 0.286. The summed E-state index contributed by atoms with van der Waals surface area (Å²) in [6, 6.07) is 8.01. The van der Waals surface area contributed by atoms with Crippen molar-refractivity contribution in [2.24, 2.45) is 0 Å². The molecule has 106 valence electrons. The number of carbonyl (C=O) groups excluding carboxylic acids is 1. The van der Waals surface area contributed by atoms with E-state index in [1.165, 1.54) is 11.3 Å². The number of rotatable bonds is 5. The average Bonchev–Trinajstić information content (AvgIpc) is 2.82. The Labute approximate surface area is 127 Å². The number of hydrogen-bond donors (Lipinski definition) is 1. The van der Waals surface area contributed by atoms with Gasteiger partial charge in [0.25, 0.3) is 0 Å². The monoisotopic (exact) mass is 309 g/mol. The Morgan fingerprint density at radius 1 is 1.50 bits per heavy atom. The van der Waals surface area contributed by atoms with Crippen molar-refractivity contribution < 1.29 is 4.79 Å². The molecule has 0 bridgehead atoms. The highest BCUT2D eigenvalue weighted by atomic mass is 35.5. The molecule has 0 aliphatic carbocycles. The number of nitrogens with zero attached hydrogens (tertiary/aromatic N) is 2. The number of halogens is 1. The molecule has 0 spiro atoms. The Bertz CT molecular complexity index is 600. The Hall–Kier alpha value is -1.59. The molecule has 0 unspecified atom stereocenters. The topological polar surface area (TPSA) is 45.2 Å². The third-order valence-electron chi connectivity index (χ3n) is 2.85. The molecule has 0 atom stereocenters. The molecule has 4 nitrogen and oxygen atoms in total. The Morgan fingerprint density at radius 3 is 2.95 bits per heavy atom. The fourth-order valence-electron chi connectivity index (χ4n) is 1.71. The van der Waals surface area contributed by atoms with Crippen LogP contribution in [0.15, 0.2) is 30.5 Å². The van der Waals surface area contributed by atoms with E-state index in [9.17, 15) is 4.79 Å². The molecule has 0 radical (unpaired) electrons. The van der Waals surface area contributed by atoms with Gasteiger partial charge in [0, 0.05) is 26.2 Å². The van der Waals surface area contributed by atoms with E-state index >= 15 is 0 Å². The van der Waals surface area contributed by atoms with E-state index in [0.717, 1.165) is 16.3 Å². The fourth-order valence-corrected chi connectivity index (χ4v) is 2.61. The highest BCUT2D eigenvalue weighted by Gasteiger charge is 2.04.